The molecule has 13 rings (SSSR count). The molecule has 0 fully saturated rings. The molecule has 2 aromatic heterocycles. The minimum Gasteiger partial charge on any atom is -0.334 e. The number of thioether (sulfide) groups is 1. The van der Waals surface area contributed by atoms with Crippen LogP contribution in [-0.4, -0.2) is 11.3 Å². The lowest BCUT2D eigenvalue weighted by molar-refractivity contribution is 0.773. The number of hydrogen-bond acceptors (Lipinski definition) is 6. The zero-order valence-electron chi connectivity index (χ0n) is 39.6. The van der Waals surface area contributed by atoms with Gasteiger partial charge in [-0.15, -0.1) is 34.4 Å². The Balaban J connectivity index is 1.03. The maximum Gasteiger partial charge on any atom is 0.0566 e. The van der Waals surface area contributed by atoms with E-state index in [1.54, 1.807) is 0 Å². The van der Waals surface area contributed by atoms with E-state index in [0.29, 0.717) is 0 Å². The fourth-order valence-corrected chi connectivity index (χ4v) is 15.2. The smallest absolute Gasteiger partial charge is 0.0566 e. The van der Waals surface area contributed by atoms with Crippen LogP contribution in [0.2, 0.25) is 0 Å². The molecule has 72 heavy (non-hydrogen) atoms. The molecule has 0 N–H and O–H groups in total. The summed E-state index contributed by atoms with van der Waals surface area (Å²) in [6.07, 6.45) is 18.9. The minimum atomic E-state index is 0.0987. The molecule has 2 aliphatic carbocycles. The minimum absolute atomic E-state index is 0.0987. The predicted octanol–water partition coefficient (Wildman–Crippen LogP) is 19.3. The van der Waals surface area contributed by atoms with Crippen LogP contribution < -0.4 is 14.7 Å². The molecule has 0 spiro atoms. The lowest BCUT2D eigenvalue weighted by Crippen LogP contribution is -2.32. The summed E-state index contributed by atoms with van der Waals surface area (Å²) < 4.78 is 4.11. The Labute approximate surface area is 433 Å². The van der Waals surface area contributed by atoms with Crippen LogP contribution in [0.25, 0.3) is 54.6 Å². The standard InChI is InChI=1S/C66H49N3S3/c1-4-43-22-28-49(29-23-43)67(46-16-10-7-11-17-46)52-34-37-58-55(40-52)61-64(70-58)62-57-42-54(69(48-20-14-9-15-21-48)51-32-26-45(6-3)27-33-51)36-39-60(57)72-66(62)63-56-41-53(35-38-59(56)71-65(61)63)68(47-18-12-8-13-19-47)50-30-24-44(5-2)25-31-50/h4-41,54,56,59H,1-3,42H2. The number of fused-ring (bicyclic) bond motifs is 12. The van der Waals surface area contributed by atoms with Gasteiger partial charge in [-0.3, -0.25) is 0 Å². The van der Waals surface area contributed by atoms with Crippen molar-refractivity contribution in [3.05, 3.63) is 264 Å². The Morgan fingerprint density at radius 3 is 1.62 bits per heavy atom. The second-order valence-corrected chi connectivity index (χ2v) is 21.8. The summed E-state index contributed by atoms with van der Waals surface area (Å²) in [5.41, 5.74) is 15.3. The SMILES string of the molecule is C=Cc1ccc(N(C2=CC3c4c(c5c6cc(N(c7ccccc7)c7ccc(C=C)cc7)ccc6sc5c5c6c(sc45)C=CC(N(c4ccccc4)c4ccc(C=C)cc4)C6)SC3C=C2)c2ccccc2)cc1. The second kappa shape index (κ2) is 18.4. The van der Waals surface area contributed by atoms with Crippen molar-refractivity contribution in [3.8, 4) is 0 Å². The van der Waals surface area contributed by atoms with Gasteiger partial charge < -0.3 is 14.7 Å². The Morgan fingerprint density at radius 1 is 0.486 bits per heavy atom. The number of thiophene rings is 2. The zero-order valence-corrected chi connectivity index (χ0v) is 42.0. The fraction of sp³-hybridized carbons (Fsp3) is 0.0606. The lowest BCUT2D eigenvalue weighted by atomic mass is 9.87. The first kappa shape index (κ1) is 44.1. The van der Waals surface area contributed by atoms with E-state index in [0.717, 1.165) is 51.5 Å². The van der Waals surface area contributed by atoms with Gasteiger partial charge in [-0.2, -0.15) is 0 Å². The van der Waals surface area contributed by atoms with Gasteiger partial charge in [0.2, 0.25) is 0 Å². The highest BCUT2D eigenvalue weighted by Crippen LogP contribution is 2.60. The van der Waals surface area contributed by atoms with Crippen molar-refractivity contribution in [2.24, 2.45) is 0 Å². The van der Waals surface area contributed by atoms with Crippen LogP contribution in [-0.2, 0) is 6.42 Å². The molecule has 346 valence electrons. The van der Waals surface area contributed by atoms with Crippen molar-refractivity contribution < 1.29 is 0 Å². The average molecular weight is 980 g/mol. The molecule has 3 atom stereocenters. The molecular formula is C66H49N3S3. The highest BCUT2D eigenvalue weighted by molar-refractivity contribution is 8.00. The maximum atomic E-state index is 4.04. The van der Waals surface area contributed by atoms with Gasteiger partial charge in [0.15, 0.2) is 0 Å². The first-order valence-electron chi connectivity index (χ1n) is 24.5. The van der Waals surface area contributed by atoms with E-state index in [-0.39, 0.29) is 17.2 Å². The van der Waals surface area contributed by atoms with Gasteiger partial charge in [0.1, 0.15) is 0 Å². The first-order valence-corrected chi connectivity index (χ1v) is 27.0. The third-order valence-electron chi connectivity index (χ3n) is 14.4. The van der Waals surface area contributed by atoms with Gasteiger partial charge in [-0.25, -0.2) is 0 Å². The Hall–Kier alpha value is -7.87. The van der Waals surface area contributed by atoms with E-state index in [1.807, 2.05) is 40.9 Å². The number of rotatable bonds is 12. The van der Waals surface area contributed by atoms with Crippen LogP contribution in [0, 0.1) is 0 Å². The largest absolute Gasteiger partial charge is 0.334 e. The van der Waals surface area contributed by atoms with Crippen LogP contribution in [0.1, 0.15) is 38.6 Å². The summed E-state index contributed by atoms with van der Waals surface area (Å²) in [6.45, 7) is 12.1. The third kappa shape index (κ3) is 7.57. The molecule has 3 unspecified atom stereocenters. The van der Waals surface area contributed by atoms with Crippen LogP contribution >= 0.6 is 34.4 Å². The van der Waals surface area contributed by atoms with Gasteiger partial charge in [0, 0.05) is 96.7 Å². The number of benzene rings is 8. The average Bonchev–Trinajstić information content (AvgIpc) is 4.14. The van der Waals surface area contributed by atoms with Gasteiger partial charge >= 0.3 is 0 Å². The quantitative estimate of drug-likeness (QED) is 0.121. The van der Waals surface area contributed by atoms with Crippen LogP contribution in [0.4, 0.5) is 39.8 Å². The Kier molecular flexibility index (Phi) is 11.3. The van der Waals surface area contributed by atoms with Crippen LogP contribution in [0.5, 0.6) is 0 Å². The molecule has 0 amide bonds. The maximum absolute atomic E-state index is 4.04. The molecule has 0 saturated carbocycles. The highest BCUT2D eigenvalue weighted by atomic mass is 32.2. The predicted molar refractivity (Wildman–Crippen MR) is 316 cm³/mol. The van der Waals surface area contributed by atoms with E-state index in [9.17, 15) is 0 Å². The van der Waals surface area contributed by atoms with Crippen molar-refractivity contribution in [2.45, 2.75) is 28.5 Å². The molecule has 0 saturated heterocycles. The number of nitrogens with zero attached hydrogens (tertiary/aromatic N) is 3. The van der Waals surface area contributed by atoms with Crippen LogP contribution in [0.3, 0.4) is 0 Å². The molecule has 0 radical (unpaired) electrons. The van der Waals surface area contributed by atoms with E-state index in [2.05, 4.69) is 259 Å². The van der Waals surface area contributed by atoms with E-state index < -0.39 is 0 Å². The fourth-order valence-electron chi connectivity index (χ4n) is 10.9. The highest BCUT2D eigenvalue weighted by Gasteiger charge is 2.40. The molecule has 8 aromatic carbocycles. The molecule has 3 heterocycles. The molecule has 1 aliphatic heterocycles. The van der Waals surface area contributed by atoms with Crippen molar-refractivity contribution in [1.82, 2.24) is 0 Å². The summed E-state index contributed by atoms with van der Waals surface area (Å²) in [4.78, 5) is 10.1. The normalized spacial score (nSPS) is 16.5. The number of anilines is 7. The van der Waals surface area contributed by atoms with Gasteiger partial charge in [0.25, 0.3) is 0 Å². The second-order valence-electron chi connectivity index (χ2n) is 18.5. The number of hydrogen-bond donors (Lipinski definition) is 0. The summed E-state index contributed by atoms with van der Waals surface area (Å²) in [5.74, 6) is 0.155. The van der Waals surface area contributed by atoms with E-state index in [1.165, 1.54) is 68.2 Å². The zero-order chi connectivity index (χ0) is 48.3. The first-order chi connectivity index (χ1) is 35.5. The molecule has 10 aromatic rings. The number of allylic oxidation sites excluding steroid dienone is 2. The summed E-state index contributed by atoms with van der Waals surface area (Å²) in [6, 6.07) is 66.0. The van der Waals surface area contributed by atoms with Gasteiger partial charge in [-0.05, 0) is 137 Å². The van der Waals surface area contributed by atoms with Crippen molar-refractivity contribution in [2.75, 3.05) is 14.7 Å². The van der Waals surface area contributed by atoms with Gasteiger partial charge in [-0.1, -0.05) is 147 Å². The van der Waals surface area contributed by atoms with Crippen LogP contribution in [0.15, 0.2) is 237 Å². The van der Waals surface area contributed by atoms with Crippen molar-refractivity contribution >= 4 is 129 Å². The van der Waals surface area contributed by atoms with Gasteiger partial charge in [0.05, 0.1) is 6.04 Å². The molecule has 6 heteroatoms. The molecule has 3 nitrogen and oxygen atoms in total. The van der Waals surface area contributed by atoms with Crippen molar-refractivity contribution in [1.29, 1.82) is 0 Å². The summed E-state index contributed by atoms with van der Waals surface area (Å²) >= 11 is 6.01. The Morgan fingerprint density at radius 2 is 1.01 bits per heavy atom. The molecule has 3 aliphatic rings. The summed E-state index contributed by atoms with van der Waals surface area (Å²) in [5, 5.41) is 4.35. The topological polar surface area (TPSA) is 9.72 Å². The summed E-state index contributed by atoms with van der Waals surface area (Å²) in [7, 11) is 0. The van der Waals surface area contributed by atoms with E-state index >= 15 is 0 Å². The van der Waals surface area contributed by atoms with Crippen molar-refractivity contribution in [3.63, 3.8) is 0 Å². The monoisotopic (exact) mass is 979 g/mol. The van der Waals surface area contributed by atoms with E-state index in [4.69, 9.17) is 0 Å². The lowest BCUT2D eigenvalue weighted by Gasteiger charge is -2.34. The Bertz CT molecular complexity index is 3810. The number of para-hydroxylation sites is 3. The molecular weight excluding hydrogens is 931 g/mol. The molecule has 0 bridgehead atoms. The third-order valence-corrected chi connectivity index (χ3v) is 18.2.